The third kappa shape index (κ3) is 1.71. The van der Waals surface area contributed by atoms with Crippen LogP contribution < -0.4 is 4.90 Å². The summed E-state index contributed by atoms with van der Waals surface area (Å²) in [4.78, 5) is 16.8. The van der Waals surface area contributed by atoms with Gasteiger partial charge in [0.25, 0.3) is 0 Å². The fraction of sp³-hybridized carbons (Fsp3) is 0.333. The summed E-state index contributed by atoms with van der Waals surface area (Å²) in [5.41, 5.74) is 0.638. The van der Waals surface area contributed by atoms with Crippen LogP contribution in [0.5, 0.6) is 0 Å². The maximum Gasteiger partial charge on any atom is 0.229 e. The van der Waals surface area contributed by atoms with E-state index in [9.17, 15) is 9.90 Å². The molecule has 1 aliphatic rings. The van der Waals surface area contributed by atoms with Crippen LogP contribution in [-0.4, -0.2) is 28.6 Å². The largest absolute Gasteiger partial charge is 0.391 e. The van der Waals surface area contributed by atoms with Crippen molar-refractivity contribution in [3.63, 3.8) is 0 Å². The molecule has 0 saturated carbocycles. The number of hydrogen-bond donors (Lipinski definition) is 1. The van der Waals surface area contributed by atoms with Crippen LogP contribution in [0.2, 0.25) is 5.02 Å². The summed E-state index contributed by atoms with van der Waals surface area (Å²) >= 11 is 5.74. The minimum absolute atomic E-state index is 0.0958. The number of nitrogens with zero attached hydrogens (tertiary/aromatic N) is 2. The number of rotatable bonds is 1. The van der Waals surface area contributed by atoms with E-state index in [1.165, 1.54) is 11.1 Å². The molecule has 1 aromatic rings. The molecule has 1 saturated heterocycles. The van der Waals surface area contributed by atoms with Crippen LogP contribution in [0, 0.1) is 0 Å². The summed E-state index contributed by atoms with van der Waals surface area (Å²) in [5.74, 6) is -0.0958. The van der Waals surface area contributed by atoms with Crippen molar-refractivity contribution in [1.82, 2.24) is 4.98 Å². The molecule has 2 heterocycles. The van der Waals surface area contributed by atoms with E-state index in [2.05, 4.69) is 4.98 Å². The van der Waals surface area contributed by atoms with Gasteiger partial charge in [-0.1, -0.05) is 11.6 Å². The molecule has 1 amide bonds. The first kappa shape index (κ1) is 9.43. The van der Waals surface area contributed by atoms with Crippen LogP contribution >= 0.6 is 11.6 Å². The Morgan fingerprint density at radius 1 is 1.57 bits per heavy atom. The molecule has 0 aromatic carbocycles. The molecular weight excluding hydrogens is 204 g/mol. The second-order valence-corrected chi connectivity index (χ2v) is 3.66. The molecule has 1 atom stereocenters. The first-order valence-corrected chi connectivity index (χ1v) is 4.63. The number of aromatic nitrogens is 1. The topological polar surface area (TPSA) is 53.4 Å². The highest BCUT2D eigenvalue weighted by Gasteiger charge is 2.29. The van der Waals surface area contributed by atoms with Crippen LogP contribution in [0.3, 0.4) is 0 Å². The minimum Gasteiger partial charge on any atom is -0.391 e. The third-order valence-corrected chi connectivity index (χ3v) is 2.31. The molecular formula is C9H9ClN2O2. The lowest BCUT2D eigenvalue weighted by Crippen LogP contribution is -2.25. The molecule has 1 aromatic heterocycles. The van der Waals surface area contributed by atoms with Gasteiger partial charge in [-0.15, -0.1) is 0 Å². The number of anilines is 1. The van der Waals surface area contributed by atoms with Crippen molar-refractivity contribution in [3.05, 3.63) is 23.5 Å². The SMILES string of the molecule is O=C1CC(O)CN1c1cncc(Cl)c1. The molecule has 1 N–H and O–H groups in total. The lowest BCUT2D eigenvalue weighted by atomic mass is 10.3. The lowest BCUT2D eigenvalue weighted by Gasteiger charge is -2.14. The molecule has 1 unspecified atom stereocenters. The van der Waals surface area contributed by atoms with Gasteiger partial charge in [-0.25, -0.2) is 0 Å². The first-order chi connectivity index (χ1) is 6.66. The fourth-order valence-corrected chi connectivity index (χ4v) is 1.65. The van der Waals surface area contributed by atoms with E-state index in [0.29, 0.717) is 17.3 Å². The van der Waals surface area contributed by atoms with Crippen molar-refractivity contribution < 1.29 is 9.90 Å². The maximum absolute atomic E-state index is 11.4. The van der Waals surface area contributed by atoms with Crippen molar-refractivity contribution in [3.8, 4) is 0 Å². The molecule has 14 heavy (non-hydrogen) atoms. The summed E-state index contributed by atoms with van der Waals surface area (Å²) in [6.07, 6.45) is 2.65. The van der Waals surface area contributed by atoms with Gasteiger partial charge in [-0.3, -0.25) is 9.78 Å². The Morgan fingerprint density at radius 2 is 2.36 bits per heavy atom. The Kier molecular flexibility index (Phi) is 2.39. The van der Waals surface area contributed by atoms with Crippen molar-refractivity contribution >= 4 is 23.2 Å². The fourth-order valence-electron chi connectivity index (χ4n) is 1.49. The van der Waals surface area contributed by atoms with Gasteiger partial charge in [0.15, 0.2) is 0 Å². The van der Waals surface area contributed by atoms with Gasteiger partial charge in [0.05, 0.1) is 36.0 Å². The number of aliphatic hydroxyl groups excluding tert-OH is 1. The molecule has 0 aliphatic carbocycles. The highest BCUT2D eigenvalue weighted by Crippen LogP contribution is 2.22. The van der Waals surface area contributed by atoms with Gasteiger partial charge in [0.1, 0.15) is 0 Å². The van der Waals surface area contributed by atoms with E-state index < -0.39 is 6.10 Å². The number of pyridine rings is 1. The van der Waals surface area contributed by atoms with E-state index in [1.54, 1.807) is 12.3 Å². The number of β-amino-alcohol motifs (C(OH)–C–C–N with tert-alkyl or cyclic N) is 1. The van der Waals surface area contributed by atoms with Crippen molar-refractivity contribution in [2.24, 2.45) is 0 Å². The Balaban J connectivity index is 2.27. The summed E-state index contributed by atoms with van der Waals surface area (Å²) in [6.45, 7) is 0.320. The Labute approximate surface area is 86.1 Å². The second-order valence-electron chi connectivity index (χ2n) is 3.22. The molecule has 1 fully saturated rings. The molecule has 1 aliphatic heterocycles. The van der Waals surface area contributed by atoms with Gasteiger partial charge in [-0.05, 0) is 6.07 Å². The quantitative estimate of drug-likeness (QED) is 0.751. The molecule has 5 heteroatoms. The monoisotopic (exact) mass is 212 g/mol. The van der Waals surface area contributed by atoms with Gasteiger partial charge in [-0.2, -0.15) is 0 Å². The van der Waals surface area contributed by atoms with Crippen LogP contribution in [0.4, 0.5) is 5.69 Å². The van der Waals surface area contributed by atoms with Crippen LogP contribution in [-0.2, 0) is 4.79 Å². The van der Waals surface area contributed by atoms with Crippen molar-refractivity contribution in [1.29, 1.82) is 0 Å². The summed E-state index contributed by atoms with van der Waals surface area (Å²) in [5, 5.41) is 9.77. The lowest BCUT2D eigenvalue weighted by molar-refractivity contribution is -0.117. The number of halogens is 1. The number of amides is 1. The van der Waals surface area contributed by atoms with Crippen molar-refractivity contribution in [2.45, 2.75) is 12.5 Å². The number of carbonyl (C=O) groups excluding carboxylic acids is 1. The Hall–Kier alpha value is -1.13. The molecule has 0 radical (unpaired) electrons. The highest BCUT2D eigenvalue weighted by molar-refractivity contribution is 6.30. The van der Waals surface area contributed by atoms with Crippen molar-refractivity contribution in [2.75, 3.05) is 11.4 Å². The minimum atomic E-state index is -0.582. The Bertz CT molecular complexity index is 370. The number of hydrogen-bond acceptors (Lipinski definition) is 3. The first-order valence-electron chi connectivity index (χ1n) is 4.26. The summed E-state index contributed by atoms with van der Waals surface area (Å²) in [7, 11) is 0. The summed E-state index contributed by atoms with van der Waals surface area (Å²) < 4.78 is 0. The normalized spacial score (nSPS) is 21.7. The van der Waals surface area contributed by atoms with Crippen LogP contribution in [0.1, 0.15) is 6.42 Å². The number of carbonyl (C=O) groups is 1. The smallest absolute Gasteiger partial charge is 0.229 e. The van der Waals surface area contributed by atoms with E-state index in [-0.39, 0.29) is 12.3 Å². The number of aliphatic hydroxyl groups is 1. The molecule has 0 spiro atoms. The Morgan fingerprint density at radius 3 is 2.93 bits per heavy atom. The third-order valence-electron chi connectivity index (χ3n) is 2.11. The zero-order valence-corrected chi connectivity index (χ0v) is 8.11. The van der Waals surface area contributed by atoms with E-state index in [4.69, 9.17) is 11.6 Å². The van der Waals surface area contributed by atoms with Gasteiger partial charge < -0.3 is 10.0 Å². The zero-order chi connectivity index (χ0) is 10.1. The second kappa shape index (κ2) is 3.55. The van der Waals surface area contributed by atoms with Gasteiger partial charge >= 0.3 is 0 Å². The van der Waals surface area contributed by atoms with E-state index in [1.807, 2.05) is 0 Å². The van der Waals surface area contributed by atoms with E-state index in [0.717, 1.165) is 0 Å². The predicted octanol–water partition coefficient (Wildman–Crippen LogP) is 0.833. The highest BCUT2D eigenvalue weighted by atomic mass is 35.5. The standard InChI is InChI=1S/C9H9ClN2O2/c10-6-1-7(4-11-3-6)12-5-8(13)2-9(12)14/h1,3-4,8,13H,2,5H2. The maximum atomic E-state index is 11.4. The molecule has 0 bridgehead atoms. The predicted molar refractivity (Wildman–Crippen MR) is 52.2 cm³/mol. The van der Waals surface area contributed by atoms with E-state index >= 15 is 0 Å². The zero-order valence-electron chi connectivity index (χ0n) is 7.35. The molecule has 2 rings (SSSR count). The van der Waals surface area contributed by atoms with Crippen LogP contribution in [0.15, 0.2) is 18.5 Å². The van der Waals surface area contributed by atoms with Gasteiger partial charge in [0.2, 0.25) is 5.91 Å². The average Bonchev–Trinajstić information content (AvgIpc) is 2.45. The summed E-state index contributed by atoms with van der Waals surface area (Å²) in [6, 6.07) is 1.66. The molecule has 4 nitrogen and oxygen atoms in total. The van der Waals surface area contributed by atoms with Gasteiger partial charge in [0, 0.05) is 6.20 Å². The van der Waals surface area contributed by atoms with Crippen LogP contribution in [0.25, 0.3) is 0 Å². The molecule has 74 valence electrons. The average molecular weight is 213 g/mol.